The maximum absolute atomic E-state index is 10.8. The van der Waals surface area contributed by atoms with Crippen molar-refractivity contribution in [2.75, 3.05) is 0 Å². The average Bonchev–Trinajstić information content (AvgIpc) is 2.89. The quantitative estimate of drug-likeness (QED) is 0.529. The maximum atomic E-state index is 10.8. The van der Waals surface area contributed by atoms with E-state index < -0.39 is 4.92 Å². The molecule has 5 nitrogen and oxygen atoms in total. The number of nitriles is 1. The van der Waals surface area contributed by atoms with Crippen LogP contribution in [0.4, 0.5) is 5.69 Å². The molecular formula is C16H11N3O2. The van der Waals surface area contributed by atoms with Gasteiger partial charge in [0, 0.05) is 23.7 Å². The van der Waals surface area contributed by atoms with Gasteiger partial charge in [-0.25, -0.2) is 0 Å². The van der Waals surface area contributed by atoms with Crippen molar-refractivity contribution in [2.45, 2.75) is 6.92 Å². The molecule has 0 fully saturated rings. The molecule has 0 aliphatic rings. The Bertz CT molecular complexity index is 904. The minimum atomic E-state index is -0.413. The molecule has 0 unspecified atom stereocenters. The van der Waals surface area contributed by atoms with E-state index in [1.807, 2.05) is 42.0 Å². The van der Waals surface area contributed by atoms with Gasteiger partial charge in [-0.1, -0.05) is 12.1 Å². The molecule has 1 heterocycles. The van der Waals surface area contributed by atoms with Crippen LogP contribution in [0.2, 0.25) is 0 Å². The molecule has 0 aliphatic carbocycles. The Hall–Kier alpha value is -3.13. The van der Waals surface area contributed by atoms with Crippen molar-refractivity contribution in [3.05, 3.63) is 69.9 Å². The molecule has 0 bridgehead atoms. The molecule has 0 saturated carbocycles. The van der Waals surface area contributed by atoms with Gasteiger partial charge in [-0.05, 0) is 30.7 Å². The third kappa shape index (κ3) is 2.03. The molecule has 0 spiro atoms. The molecular weight excluding hydrogens is 266 g/mol. The fourth-order valence-corrected chi connectivity index (χ4v) is 2.45. The van der Waals surface area contributed by atoms with Crippen LogP contribution in [0.25, 0.3) is 16.6 Å². The molecule has 5 heteroatoms. The summed E-state index contributed by atoms with van der Waals surface area (Å²) in [4.78, 5) is 10.4. The van der Waals surface area contributed by atoms with Gasteiger partial charge >= 0.3 is 0 Å². The zero-order valence-electron chi connectivity index (χ0n) is 11.3. The van der Waals surface area contributed by atoms with Gasteiger partial charge in [0.05, 0.1) is 21.7 Å². The van der Waals surface area contributed by atoms with E-state index in [4.69, 9.17) is 0 Å². The number of rotatable bonds is 2. The summed E-state index contributed by atoms with van der Waals surface area (Å²) in [6.45, 7) is 1.89. The number of hydrogen-bond donors (Lipinski definition) is 0. The number of nitro groups is 1. The van der Waals surface area contributed by atoms with Gasteiger partial charge in [0.25, 0.3) is 5.69 Å². The molecule has 0 atom stereocenters. The van der Waals surface area contributed by atoms with E-state index in [1.54, 1.807) is 6.07 Å². The average molecular weight is 277 g/mol. The van der Waals surface area contributed by atoms with Gasteiger partial charge in [-0.3, -0.25) is 10.1 Å². The Kier molecular flexibility index (Phi) is 2.92. The van der Waals surface area contributed by atoms with Crippen LogP contribution in [0.5, 0.6) is 0 Å². The standard InChI is InChI=1S/C16H11N3O2/c1-11-3-2-4-16(14(11)10-17)18-8-7-12-9-13(19(20)21)5-6-15(12)18/h2-9H,1H3. The van der Waals surface area contributed by atoms with Gasteiger partial charge in [0.1, 0.15) is 6.07 Å². The van der Waals surface area contributed by atoms with Gasteiger partial charge in [0.15, 0.2) is 0 Å². The molecule has 3 aromatic rings. The van der Waals surface area contributed by atoms with Gasteiger partial charge < -0.3 is 4.57 Å². The number of fused-ring (bicyclic) bond motifs is 1. The normalized spacial score (nSPS) is 10.5. The van der Waals surface area contributed by atoms with E-state index in [-0.39, 0.29) is 5.69 Å². The van der Waals surface area contributed by atoms with E-state index in [1.165, 1.54) is 12.1 Å². The summed E-state index contributed by atoms with van der Waals surface area (Å²) in [5.41, 5.74) is 3.18. The molecule has 0 N–H and O–H groups in total. The first kappa shape index (κ1) is 12.9. The largest absolute Gasteiger partial charge is 0.315 e. The number of benzene rings is 2. The van der Waals surface area contributed by atoms with E-state index in [2.05, 4.69) is 6.07 Å². The Morgan fingerprint density at radius 3 is 2.76 bits per heavy atom. The fourth-order valence-electron chi connectivity index (χ4n) is 2.45. The third-order valence-corrected chi connectivity index (χ3v) is 3.51. The number of aromatic nitrogens is 1. The fraction of sp³-hybridized carbons (Fsp3) is 0.0625. The van der Waals surface area contributed by atoms with Gasteiger partial charge in [0.2, 0.25) is 0 Å². The Labute approximate surface area is 120 Å². The Balaban J connectivity index is 2.26. The highest BCUT2D eigenvalue weighted by Gasteiger charge is 2.12. The molecule has 0 saturated heterocycles. The van der Waals surface area contributed by atoms with Crippen LogP contribution in [0.3, 0.4) is 0 Å². The number of non-ortho nitro benzene ring substituents is 1. The van der Waals surface area contributed by atoms with Crippen LogP contribution in [-0.4, -0.2) is 9.49 Å². The zero-order chi connectivity index (χ0) is 15.0. The van der Waals surface area contributed by atoms with Crippen molar-refractivity contribution >= 4 is 16.6 Å². The number of nitrogens with zero attached hydrogens (tertiary/aromatic N) is 3. The highest BCUT2D eigenvalue weighted by Crippen LogP contribution is 2.27. The Morgan fingerprint density at radius 1 is 1.24 bits per heavy atom. The van der Waals surface area contributed by atoms with Gasteiger partial charge in [-0.15, -0.1) is 0 Å². The summed E-state index contributed by atoms with van der Waals surface area (Å²) in [6.07, 6.45) is 1.82. The van der Waals surface area contributed by atoms with Crippen LogP contribution in [0, 0.1) is 28.4 Å². The van der Waals surface area contributed by atoms with Crippen molar-refractivity contribution < 1.29 is 4.92 Å². The molecule has 0 amide bonds. The molecule has 2 aromatic carbocycles. The molecule has 0 radical (unpaired) electrons. The molecule has 1 aromatic heterocycles. The SMILES string of the molecule is Cc1cccc(-n2ccc3cc([N+](=O)[O-])ccc32)c1C#N. The Morgan fingerprint density at radius 2 is 2.05 bits per heavy atom. The van der Waals surface area contributed by atoms with Gasteiger partial charge in [-0.2, -0.15) is 5.26 Å². The maximum Gasteiger partial charge on any atom is 0.270 e. The lowest BCUT2D eigenvalue weighted by atomic mass is 10.1. The molecule has 3 rings (SSSR count). The molecule has 102 valence electrons. The summed E-state index contributed by atoms with van der Waals surface area (Å²) in [5, 5.41) is 20.9. The first-order valence-electron chi connectivity index (χ1n) is 6.37. The number of nitro benzene ring substituents is 1. The van der Waals surface area contributed by atoms with Crippen LogP contribution in [0.1, 0.15) is 11.1 Å². The third-order valence-electron chi connectivity index (χ3n) is 3.51. The predicted molar refractivity (Wildman–Crippen MR) is 79.4 cm³/mol. The van der Waals surface area contributed by atoms with Crippen LogP contribution < -0.4 is 0 Å². The van der Waals surface area contributed by atoms with Crippen LogP contribution in [-0.2, 0) is 0 Å². The first-order chi connectivity index (χ1) is 10.1. The summed E-state index contributed by atoms with van der Waals surface area (Å²) in [7, 11) is 0. The summed E-state index contributed by atoms with van der Waals surface area (Å²) in [6, 6.07) is 14.4. The monoisotopic (exact) mass is 277 g/mol. The highest BCUT2D eigenvalue weighted by atomic mass is 16.6. The van der Waals surface area contributed by atoms with E-state index in [9.17, 15) is 15.4 Å². The number of hydrogen-bond acceptors (Lipinski definition) is 3. The molecule has 0 aliphatic heterocycles. The van der Waals surface area contributed by atoms with E-state index in [0.29, 0.717) is 5.56 Å². The lowest BCUT2D eigenvalue weighted by Gasteiger charge is -2.09. The summed E-state index contributed by atoms with van der Waals surface area (Å²) >= 11 is 0. The second-order valence-electron chi connectivity index (χ2n) is 4.77. The minimum absolute atomic E-state index is 0.0602. The smallest absolute Gasteiger partial charge is 0.270 e. The van der Waals surface area contributed by atoms with Crippen LogP contribution in [0.15, 0.2) is 48.7 Å². The van der Waals surface area contributed by atoms with Crippen molar-refractivity contribution in [3.8, 4) is 11.8 Å². The second kappa shape index (κ2) is 4.76. The van der Waals surface area contributed by atoms with Crippen molar-refractivity contribution in [1.29, 1.82) is 5.26 Å². The lowest BCUT2D eigenvalue weighted by molar-refractivity contribution is -0.384. The topological polar surface area (TPSA) is 71.9 Å². The van der Waals surface area contributed by atoms with Crippen molar-refractivity contribution in [3.63, 3.8) is 0 Å². The molecule has 21 heavy (non-hydrogen) atoms. The summed E-state index contributed by atoms with van der Waals surface area (Å²) in [5.74, 6) is 0. The first-order valence-corrected chi connectivity index (χ1v) is 6.37. The summed E-state index contributed by atoms with van der Waals surface area (Å²) < 4.78 is 1.88. The van der Waals surface area contributed by atoms with E-state index >= 15 is 0 Å². The second-order valence-corrected chi connectivity index (χ2v) is 4.77. The predicted octanol–water partition coefficient (Wildman–Crippen LogP) is 3.72. The van der Waals surface area contributed by atoms with Crippen molar-refractivity contribution in [2.24, 2.45) is 0 Å². The lowest BCUT2D eigenvalue weighted by Crippen LogP contribution is -1.97. The highest BCUT2D eigenvalue weighted by molar-refractivity contribution is 5.84. The minimum Gasteiger partial charge on any atom is -0.315 e. The van der Waals surface area contributed by atoms with Crippen molar-refractivity contribution in [1.82, 2.24) is 4.57 Å². The van der Waals surface area contributed by atoms with Crippen LogP contribution >= 0.6 is 0 Å². The van der Waals surface area contributed by atoms with E-state index in [0.717, 1.165) is 22.2 Å². The number of aryl methyl sites for hydroxylation is 1. The zero-order valence-corrected chi connectivity index (χ0v) is 11.3.